The average Bonchev–Trinajstić information content (AvgIpc) is 2.65. The fourth-order valence-corrected chi connectivity index (χ4v) is 6.59. The monoisotopic (exact) mass is 416 g/mol. The summed E-state index contributed by atoms with van der Waals surface area (Å²) in [5.74, 6) is 1.05. The molecule has 2 N–H and O–H groups in total. The lowest BCUT2D eigenvalue weighted by Gasteiger charge is -2.56. The summed E-state index contributed by atoms with van der Waals surface area (Å²) in [6.07, 6.45) is 6.92. The van der Waals surface area contributed by atoms with Crippen molar-refractivity contribution in [3.8, 4) is 0 Å². The van der Waals surface area contributed by atoms with Crippen molar-refractivity contribution >= 4 is 29.7 Å². The van der Waals surface area contributed by atoms with Crippen LogP contribution in [0, 0.1) is 17.8 Å². The predicted octanol–water partition coefficient (Wildman–Crippen LogP) is 3.51. The van der Waals surface area contributed by atoms with Gasteiger partial charge in [0.1, 0.15) is 5.25 Å². The molecule has 0 saturated heterocycles. The number of benzene rings is 1. The summed E-state index contributed by atoms with van der Waals surface area (Å²) in [6.45, 7) is 1.28. The van der Waals surface area contributed by atoms with E-state index in [0.717, 1.165) is 24.2 Å². The molecule has 4 saturated carbocycles. The van der Waals surface area contributed by atoms with Gasteiger partial charge in [-0.15, -0.1) is 11.8 Å². The fourth-order valence-electron chi connectivity index (χ4n) is 5.70. The van der Waals surface area contributed by atoms with E-state index < -0.39 is 29.8 Å². The van der Waals surface area contributed by atoms with E-state index in [1.165, 1.54) is 31.0 Å². The molecule has 1 aromatic rings. The van der Waals surface area contributed by atoms with E-state index in [1.54, 1.807) is 6.92 Å². The molecule has 4 aliphatic rings. The van der Waals surface area contributed by atoms with Crippen molar-refractivity contribution in [3.05, 3.63) is 30.3 Å². The van der Waals surface area contributed by atoms with E-state index in [0.29, 0.717) is 17.8 Å². The number of urea groups is 1. The van der Waals surface area contributed by atoms with Gasteiger partial charge in [0.15, 0.2) is 6.61 Å². The van der Waals surface area contributed by atoms with Crippen molar-refractivity contribution < 1.29 is 19.1 Å². The first-order chi connectivity index (χ1) is 13.9. The molecular weight excluding hydrogens is 388 g/mol. The molecule has 4 fully saturated rings. The Bertz CT molecular complexity index is 747. The normalized spacial score (nSPS) is 30.4. The highest BCUT2D eigenvalue weighted by atomic mass is 32.2. The number of amides is 3. The van der Waals surface area contributed by atoms with E-state index in [9.17, 15) is 14.4 Å². The summed E-state index contributed by atoms with van der Waals surface area (Å²) in [7, 11) is 0. The number of nitrogens with one attached hydrogen (secondary N) is 2. The van der Waals surface area contributed by atoms with Crippen LogP contribution in [0.15, 0.2) is 35.2 Å². The maximum Gasteiger partial charge on any atom is 0.321 e. The Morgan fingerprint density at radius 1 is 1.07 bits per heavy atom. The van der Waals surface area contributed by atoms with Gasteiger partial charge in [0, 0.05) is 10.4 Å². The highest BCUT2D eigenvalue weighted by molar-refractivity contribution is 8.00. The molecule has 0 aromatic heterocycles. The molecule has 4 bridgehead atoms. The third-order valence-electron chi connectivity index (χ3n) is 6.40. The summed E-state index contributed by atoms with van der Waals surface area (Å²) in [6, 6.07) is 9.06. The number of esters is 1. The minimum Gasteiger partial charge on any atom is -0.455 e. The van der Waals surface area contributed by atoms with Crippen LogP contribution in [0.4, 0.5) is 4.79 Å². The lowest BCUT2D eigenvalue weighted by Crippen LogP contribution is -2.62. The summed E-state index contributed by atoms with van der Waals surface area (Å²) < 4.78 is 5.08. The second-order valence-electron chi connectivity index (χ2n) is 8.88. The molecule has 156 valence electrons. The van der Waals surface area contributed by atoms with E-state index in [1.807, 2.05) is 30.3 Å². The lowest BCUT2D eigenvalue weighted by atomic mass is 9.53. The molecule has 3 amide bonds. The van der Waals surface area contributed by atoms with Crippen LogP contribution in [0.2, 0.25) is 0 Å². The van der Waals surface area contributed by atoms with E-state index in [2.05, 4.69) is 10.6 Å². The van der Waals surface area contributed by atoms with Gasteiger partial charge in [-0.05, 0) is 75.3 Å². The Morgan fingerprint density at radius 2 is 1.66 bits per heavy atom. The zero-order chi connectivity index (χ0) is 20.4. The Labute approximate surface area is 175 Å². The average molecular weight is 417 g/mol. The number of rotatable bonds is 6. The number of ether oxygens (including phenoxy) is 1. The van der Waals surface area contributed by atoms with Crippen LogP contribution in [-0.2, 0) is 14.3 Å². The van der Waals surface area contributed by atoms with Crippen LogP contribution in [0.5, 0.6) is 0 Å². The van der Waals surface area contributed by atoms with Gasteiger partial charge < -0.3 is 10.1 Å². The van der Waals surface area contributed by atoms with Crippen LogP contribution in [0.1, 0.15) is 45.4 Å². The highest BCUT2D eigenvalue weighted by Gasteiger charge is 2.51. The third-order valence-corrected chi connectivity index (χ3v) is 7.49. The Morgan fingerprint density at radius 3 is 2.24 bits per heavy atom. The fraction of sp³-hybridized carbons (Fsp3) is 0.591. The predicted molar refractivity (Wildman–Crippen MR) is 110 cm³/mol. The van der Waals surface area contributed by atoms with Gasteiger partial charge in [-0.2, -0.15) is 0 Å². The number of thioether (sulfide) groups is 1. The van der Waals surface area contributed by atoms with Crippen molar-refractivity contribution in [2.24, 2.45) is 17.8 Å². The van der Waals surface area contributed by atoms with Gasteiger partial charge in [0.05, 0.1) is 0 Å². The molecule has 5 rings (SSSR count). The number of imide groups is 1. The zero-order valence-electron chi connectivity index (χ0n) is 16.7. The smallest absolute Gasteiger partial charge is 0.321 e. The summed E-state index contributed by atoms with van der Waals surface area (Å²) in [5, 5.41) is 4.97. The van der Waals surface area contributed by atoms with Gasteiger partial charge in [-0.25, -0.2) is 4.79 Å². The third kappa shape index (κ3) is 4.94. The number of carbonyl (C=O) groups is 3. The van der Waals surface area contributed by atoms with Crippen molar-refractivity contribution in [3.63, 3.8) is 0 Å². The zero-order valence-corrected chi connectivity index (χ0v) is 17.5. The van der Waals surface area contributed by atoms with E-state index in [4.69, 9.17) is 4.74 Å². The molecule has 0 heterocycles. The maximum atomic E-state index is 12.4. The van der Waals surface area contributed by atoms with Crippen LogP contribution in [0.25, 0.3) is 0 Å². The van der Waals surface area contributed by atoms with Crippen molar-refractivity contribution in [2.75, 3.05) is 6.61 Å². The molecule has 0 radical (unpaired) electrons. The number of carbonyl (C=O) groups excluding carboxylic acids is 3. The van der Waals surface area contributed by atoms with Crippen molar-refractivity contribution in [2.45, 2.75) is 61.1 Å². The minimum absolute atomic E-state index is 0.156. The van der Waals surface area contributed by atoms with Crippen molar-refractivity contribution in [1.82, 2.24) is 10.6 Å². The standard InChI is InChI=1S/C22H28N2O4S/c1-14(29-18-5-3-2-4-6-18)20(26)28-13-19(25)23-21(27)24-22-10-15-7-16(11-22)9-17(8-15)12-22/h2-6,14-17H,7-13H2,1H3,(H2,23,24,25,27)/t14-,15?,16?,17?,22?/m1/s1. The van der Waals surface area contributed by atoms with Gasteiger partial charge in [0.2, 0.25) is 0 Å². The topological polar surface area (TPSA) is 84.5 Å². The van der Waals surface area contributed by atoms with Gasteiger partial charge >= 0.3 is 12.0 Å². The molecule has 0 spiro atoms. The molecule has 7 heteroatoms. The van der Waals surface area contributed by atoms with Crippen LogP contribution >= 0.6 is 11.8 Å². The van der Waals surface area contributed by atoms with Gasteiger partial charge in [-0.3, -0.25) is 14.9 Å². The number of hydrogen-bond acceptors (Lipinski definition) is 5. The molecular formula is C22H28N2O4S. The Hall–Kier alpha value is -2.02. The summed E-state index contributed by atoms with van der Waals surface area (Å²) in [5.41, 5.74) is -0.156. The summed E-state index contributed by atoms with van der Waals surface area (Å²) in [4.78, 5) is 37.5. The van der Waals surface area contributed by atoms with Crippen LogP contribution in [0.3, 0.4) is 0 Å². The largest absolute Gasteiger partial charge is 0.455 e. The van der Waals surface area contributed by atoms with E-state index in [-0.39, 0.29) is 5.54 Å². The minimum atomic E-state index is -0.600. The second-order valence-corrected chi connectivity index (χ2v) is 10.3. The first-order valence-electron chi connectivity index (χ1n) is 10.4. The Balaban J connectivity index is 1.20. The molecule has 4 aliphatic carbocycles. The number of hydrogen-bond donors (Lipinski definition) is 2. The highest BCUT2D eigenvalue weighted by Crippen LogP contribution is 2.55. The maximum absolute atomic E-state index is 12.4. The first-order valence-corrected chi connectivity index (χ1v) is 11.3. The van der Waals surface area contributed by atoms with Gasteiger partial charge in [-0.1, -0.05) is 18.2 Å². The second kappa shape index (κ2) is 8.38. The van der Waals surface area contributed by atoms with Crippen LogP contribution < -0.4 is 10.6 Å². The summed E-state index contributed by atoms with van der Waals surface area (Å²) >= 11 is 1.37. The first kappa shape index (κ1) is 20.3. The molecule has 0 unspecified atom stereocenters. The lowest BCUT2D eigenvalue weighted by molar-refractivity contribution is -0.147. The van der Waals surface area contributed by atoms with E-state index >= 15 is 0 Å². The van der Waals surface area contributed by atoms with Crippen molar-refractivity contribution in [1.29, 1.82) is 0 Å². The molecule has 6 nitrogen and oxygen atoms in total. The van der Waals surface area contributed by atoms with Crippen LogP contribution in [-0.4, -0.2) is 35.3 Å². The van der Waals surface area contributed by atoms with Gasteiger partial charge in [0.25, 0.3) is 5.91 Å². The Kier molecular flexibility index (Phi) is 5.86. The molecule has 1 atom stereocenters. The molecule has 1 aromatic carbocycles. The molecule has 0 aliphatic heterocycles. The molecule has 29 heavy (non-hydrogen) atoms. The quantitative estimate of drug-likeness (QED) is 0.548. The SMILES string of the molecule is C[C@@H](Sc1ccccc1)C(=O)OCC(=O)NC(=O)NC12CC3CC(CC(C3)C1)C2.